The van der Waals surface area contributed by atoms with Crippen LogP contribution < -0.4 is 5.32 Å². The van der Waals surface area contributed by atoms with Crippen molar-refractivity contribution in [2.24, 2.45) is 11.8 Å². The Balaban J connectivity index is 0.00000120. The second kappa shape index (κ2) is 5.26. The minimum absolute atomic E-state index is 0. The Kier molecular flexibility index (Phi) is 4.26. The normalized spacial score (nSPS) is 28.1. The molecule has 0 aromatic carbocycles. The van der Waals surface area contributed by atoms with Crippen molar-refractivity contribution in [3.63, 3.8) is 0 Å². The van der Waals surface area contributed by atoms with E-state index >= 15 is 0 Å². The maximum absolute atomic E-state index is 12.3. The number of thiophene rings is 1. The van der Waals surface area contributed by atoms with Gasteiger partial charge in [0.2, 0.25) is 0 Å². The van der Waals surface area contributed by atoms with Crippen LogP contribution in [0.5, 0.6) is 0 Å². The van der Waals surface area contributed by atoms with Gasteiger partial charge in [-0.25, -0.2) is 8.42 Å². The zero-order valence-electron chi connectivity index (χ0n) is 9.50. The minimum atomic E-state index is -3.32. The molecule has 0 bridgehead atoms. The first kappa shape index (κ1) is 14.6. The summed E-state index contributed by atoms with van der Waals surface area (Å²) in [4.78, 5) is 0. The van der Waals surface area contributed by atoms with Gasteiger partial charge in [0.1, 0.15) is 4.21 Å². The van der Waals surface area contributed by atoms with Crippen LogP contribution >= 0.6 is 35.3 Å². The van der Waals surface area contributed by atoms with Crippen LogP contribution in [0.3, 0.4) is 0 Å². The highest BCUT2D eigenvalue weighted by atomic mass is 35.5. The van der Waals surface area contributed by atoms with Crippen LogP contribution in [0.25, 0.3) is 0 Å². The maximum atomic E-state index is 12.3. The van der Waals surface area contributed by atoms with E-state index in [0.29, 0.717) is 33.5 Å². The number of rotatable bonds is 2. The van der Waals surface area contributed by atoms with Crippen molar-refractivity contribution >= 4 is 45.4 Å². The van der Waals surface area contributed by atoms with E-state index < -0.39 is 10.0 Å². The number of hydrogen-bond acceptors (Lipinski definition) is 4. The van der Waals surface area contributed by atoms with Gasteiger partial charge < -0.3 is 5.32 Å². The summed E-state index contributed by atoms with van der Waals surface area (Å²) < 4.78 is 27.1. The summed E-state index contributed by atoms with van der Waals surface area (Å²) in [5, 5.41) is 3.30. The molecule has 18 heavy (non-hydrogen) atoms. The molecule has 4 nitrogen and oxygen atoms in total. The van der Waals surface area contributed by atoms with E-state index in [9.17, 15) is 8.42 Å². The molecule has 2 aliphatic rings. The van der Waals surface area contributed by atoms with Crippen LogP contribution in [-0.4, -0.2) is 38.9 Å². The third-order valence-corrected chi connectivity index (χ3v) is 7.03. The van der Waals surface area contributed by atoms with Crippen LogP contribution in [-0.2, 0) is 10.0 Å². The monoisotopic (exact) mass is 328 g/mol. The Morgan fingerprint density at radius 2 is 1.89 bits per heavy atom. The van der Waals surface area contributed by atoms with E-state index in [1.807, 2.05) is 0 Å². The van der Waals surface area contributed by atoms with Gasteiger partial charge in [-0.15, -0.1) is 23.7 Å². The van der Waals surface area contributed by atoms with E-state index in [0.717, 1.165) is 24.4 Å². The van der Waals surface area contributed by atoms with Gasteiger partial charge in [-0.2, -0.15) is 4.31 Å². The number of nitrogens with zero attached hydrogens (tertiary/aromatic N) is 1. The Bertz CT molecular complexity index is 520. The van der Waals surface area contributed by atoms with E-state index in [1.165, 1.54) is 0 Å². The lowest BCUT2D eigenvalue weighted by Crippen LogP contribution is -2.31. The molecule has 0 radical (unpaired) electrons. The van der Waals surface area contributed by atoms with Gasteiger partial charge in [0, 0.05) is 13.1 Å². The molecule has 0 amide bonds. The van der Waals surface area contributed by atoms with Crippen molar-refractivity contribution in [1.29, 1.82) is 0 Å². The first-order chi connectivity index (χ1) is 8.07. The molecule has 0 spiro atoms. The van der Waals surface area contributed by atoms with Crippen LogP contribution in [0.15, 0.2) is 16.3 Å². The molecule has 8 heteroatoms. The standard InChI is InChI=1S/C10H13ClN2O2S2.ClH/c11-9-1-2-10(16-9)17(14,15)13-5-7-3-12-4-8(7)6-13;/h1-2,7-8,12H,3-6H2;1H/t7-,8+;. The van der Waals surface area contributed by atoms with E-state index in [-0.39, 0.29) is 12.4 Å². The quantitative estimate of drug-likeness (QED) is 0.898. The van der Waals surface area contributed by atoms with Crippen molar-refractivity contribution in [1.82, 2.24) is 9.62 Å². The van der Waals surface area contributed by atoms with E-state index in [4.69, 9.17) is 11.6 Å². The van der Waals surface area contributed by atoms with Gasteiger partial charge >= 0.3 is 0 Å². The van der Waals surface area contributed by atoms with Gasteiger partial charge in [-0.05, 0) is 37.1 Å². The van der Waals surface area contributed by atoms with Gasteiger partial charge in [0.15, 0.2) is 0 Å². The second-order valence-corrected chi connectivity index (χ2v) is 8.44. The molecule has 0 saturated carbocycles. The maximum Gasteiger partial charge on any atom is 0.252 e. The molecule has 0 unspecified atom stereocenters. The fourth-order valence-corrected chi connectivity index (χ4v) is 5.76. The predicted molar refractivity (Wildman–Crippen MR) is 75.2 cm³/mol. The molecule has 2 saturated heterocycles. The van der Waals surface area contributed by atoms with Crippen molar-refractivity contribution < 1.29 is 8.42 Å². The van der Waals surface area contributed by atoms with Crippen molar-refractivity contribution in [2.75, 3.05) is 26.2 Å². The lowest BCUT2D eigenvalue weighted by Gasteiger charge is -2.15. The molecular formula is C10H14Cl2N2O2S2. The van der Waals surface area contributed by atoms with Gasteiger partial charge in [-0.3, -0.25) is 0 Å². The smallest absolute Gasteiger partial charge is 0.252 e. The number of fused-ring (bicyclic) bond motifs is 1. The summed E-state index contributed by atoms with van der Waals surface area (Å²) >= 11 is 6.92. The summed E-state index contributed by atoms with van der Waals surface area (Å²) in [6, 6.07) is 3.23. The summed E-state index contributed by atoms with van der Waals surface area (Å²) in [7, 11) is -3.32. The van der Waals surface area contributed by atoms with Crippen molar-refractivity contribution in [3.05, 3.63) is 16.5 Å². The molecule has 2 atom stereocenters. The SMILES string of the molecule is Cl.O=S(=O)(c1ccc(Cl)s1)N1C[C@H]2CNC[C@H]2C1. The second-order valence-electron chi connectivity index (χ2n) is 4.56. The summed E-state index contributed by atoms with van der Waals surface area (Å²) in [6.45, 7) is 3.13. The molecule has 102 valence electrons. The van der Waals surface area contributed by atoms with Gasteiger partial charge in [0.05, 0.1) is 4.34 Å². The molecule has 1 aromatic rings. The number of halogens is 2. The average molecular weight is 329 g/mol. The first-order valence-corrected chi connectivity index (χ1v) is 8.17. The van der Waals surface area contributed by atoms with Gasteiger partial charge in [-0.1, -0.05) is 11.6 Å². The molecule has 3 rings (SSSR count). The Morgan fingerprint density at radius 3 is 2.39 bits per heavy atom. The zero-order valence-corrected chi connectivity index (χ0v) is 12.7. The molecule has 1 aromatic heterocycles. The highest BCUT2D eigenvalue weighted by Crippen LogP contribution is 2.34. The topological polar surface area (TPSA) is 49.4 Å². The Labute approximate surface area is 122 Å². The fraction of sp³-hybridized carbons (Fsp3) is 0.600. The van der Waals surface area contributed by atoms with Gasteiger partial charge in [0.25, 0.3) is 10.0 Å². The molecule has 2 fully saturated rings. The van der Waals surface area contributed by atoms with Crippen LogP contribution in [0, 0.1) is 11.8 Å². The number of nitrogens with one attached hydrogen (secondary N) is 1. The third-order valence-electron chi connectivity index (χ3n) is 3.50. The largest absolute Gasteiger partial charge is 0.316 e. The zero-order chi connectivity index (χ0) is 12.0. The van der Waals surface area contributed by atoms with Crippen LogP contribution in [0.4, 0.5) is 0 Å². The fourth-order valence-electron chi connectivity index (χ4n) is 2.57. The summed E-state index contributed by atoms with van der Waals surface area (Å²) in [6.07, 6.45) is 0. The molecule has 0 aliphatic carbocycles. The first-order valence-electron chi connectivity index (χ1n) is 5.53. The minimum Gasteiger partial charge on any atom is -0.316 e. The van der Waals surface area contributed by atoms with Crippen molar-refractivity contribution in [2.45, 2.75) is 4.21 Å². The van der Waals surface area contributed by atoms with Crippen molar-refractivity contribution in [3.8, 4) is 0 Å². The molecule has 1 N–H and O–H groups in total. The lowest BCUT2D eigenvalue weighted by molar-refractivity contribution is 0.449. The van der Waals surface area contributed by atoms with Crippen LogP contribution in [0.2, 0.25) is 4.34 Å². The highest BCUT2D eigenvalue weighted by Gasteiger charge is 2.41. The third kappa shape index (κ3) is 2.42. The van der Waals surface area contributed by atoms with Crippen LogP contribution in [0.1, 0.15) is 0 Å². The molecule has 3 heterocycles. The van der Waals surface area contributed by atoms with E-state index in [2.05, 4.69) is 5.32 Å². The molecular weight excluding hydrogens is 315 g/mol. The van der Waals surface area contributed by atoms with E-state index in [1.54, 1.807) is 16.4 Å². The number of hydrogen-bond donors (Lipinski definition) is 1. The molecule has 2 aliphatic heterocycles. The lowest BCUT2D eigenvalue weighted by atomic mass is 10.0. The number of sulfonamides is 1. The predicted octanol–water partition coefficient (Wildman–Crippen LogP) is 1.66. The highest BCUT2D eigenvalue weighted by molar-refractivity contribution is 7.91. The summed E-state index contributed by atoms with van der Waals surface area (Å²) in [5.41, 5.74) is 0. The Morgan fingerprint density at radius 1 is 1.28 bits per heavy atom. The Hall–Kier alpha value is 0.150. The average Bonchev–Trinajstić information content (AvgIpc) is 2.89. The summed E-state index contributed by atoms with van der Waals surface area (Å²) in [5.74, 6) is 0.945.